The van der Waals surface area contributed by atoms with Gasteiger partial charge in [0.25, 0.3) is 0 Å². The SMILES string of the molecule is CO[C@@H](C)CNC(=O)N[C@@H](C)c1c(C)cccc1C. The molecule has 0 unspecified atom stereocenters. The van der Waals surface area contributed by atoms with Gasteiger partial charge < -0.3 is 15.4 Å². The summed E-state index contributed by atoms with van der Waals surface area (Å²) in [4.78, 5) is 11.8. The number of ether oxygens (including phenoxy) is 1. The van der Waals surface area contributed by atoms with Crippen molar-refractivity contribution in [3.8, 4) is 0 Å². The summed E-state index contributed by atoms with van der Waals surface area (Å²) in [5.41, 5.74) is 3.56. The summed E-state index contributed by atoms with van der Waals surface area (Å²) in [5, 5.41) is 5.75. The smallest absolute Gasteiger partial charge is 0.315 e. The summed E-state index contributed by atoms with van der Waals surface area (Å²) in [6, 6.07) is 5.97. The lowest BCUT2D eigenvalue weighted by Gasteiger charge is -2.20. The Morgan fingerprint density at radius 1 is 1.26 bits per heavy atom. The maximum absolute atomic E-state index is 11.8. The van der Waals surface area contributed by atoms with Gasteiger partial charge in [-0.15, -0.1) is 0 Å². The van der Waals surface area contributed by atoms with Crippen molar-refractivity contribution in [3.63, 3.8) is 0 Å². The van der Waals surface area contributed by atoms with Crippen LogP contribution in [-0.2, 0) is 4.74 Å². The molecule has 0 bridgehead atoms. The van der Waals surface area contributed by atoms with Gasteiger partial charge in [-0.05, 0) is 44.4 Å². The minimum atomic E-state index is -0.168. The molecule has 0 aliphatic rings. The minimum Gasteiger partial charge on any atom is -0.380 e. The van der Waals surface area contributed by atoms with Crippen molar-refractivity contribution in [2.45, 2.75) is 39.8 Å². The molecular weight excluding hydrogens is 240 g/mol. The van der Waals surface area contributed by atoms with Crippen molar-refractivity contribution < 1.29 is 9.53 Å². The molecule has 4 nitrogen and oxygen atoms in total. The van der Waals surface area contributed by atoms with Gasteiger partial charge in [0.15, 0.2) is 0 Å². The van der Waals surface area contributed by atoms with E-state index >= 15 is 0 Å². The van der Waals surface area contributed by atoms with E-state index in [-0.39, 0.29) is 18.2 Å². The second-order valence-corrected chi connectivity index (χ2v) is 4.93. The lowest BCUT2D eigenvalue weighted by molar-refractivity contribution is 0.118. The molecule has 0 saturated heterocycles. The average Bonchev–Trinajstić information content (AvgIpc) is 2.35. The number of aryl methyl sites for hydroxylation is 2. The molecule has 19 heavy (non-hydrogen) atoms. The van der Waals surface area contributed by atoms with Gasteiger partial charge in [-0.1, -0.05) is 18.2 Å². The predicted molar refractivity (Wildman–Crippen MR) is 77.3 cm³/mol. The number of urea groups is 1. The fraction of sp³-hybridized carbons (Fsp3) is 0.533. The Bertz CT molecular complexity index is 412. The fourth-order valence-corrected chi connectivity index (χ4v) is 2.15. The van der Waals surface area contributed by atoms with Crippen LogP contribution in [0.2, 0.25) is 0 Å². The topological polar surface area (TPSA) is 50.4 Å². The van der Waals surface area contributed by atoms with Crippen LogP contribution >= 0.6 is 0 Å². The number of methoxy groups -OCH3 is 1. The van der Waals surface area contributed by atoms with Crippen LogP contribution < -0.4 is 10.6 Å². The zero-order valence-corrected chi connectivity index (χ0v) is 12.4. The molecule has 0 saturated carbocycles. The van der Waals surface area contributed by atoms with E-state index in [9.17, 15) is 4.79 Å². The average molecular weight is 264 g/mol. The van der Waals surface area contributed by atoms with Gasteiger partial charge in [0.05, 0.1) is 12.1 Å². The van der Waals surface area contributed by atoms with E-state index in [4.69, 9.17) is 4.74 Å². The molecule has 1 rings (SSSR count). The first-order valence-corrected chi connectivity index (χ1v) is 6.59. The molecule has 106 valence electrons. The van der Waals surface area contributed by atoms with E-state index in [2.05, 4.69) is 36.6 Å². The second-order valence-electron chi connectivity index (χ2n) is 4.93. The molecule has 2 amide bonds. The number of nitrogens with one attached hydrogen (secondary N) is 2. The Balaban J connectivity index is 2.59. The van der Waals surface area contributed by atoms with Gasteiger partial charge in [-0.3, -0.25) is 0 Å². The third-order valence-electron chi connectivity index (χ3n) is 3.28. The summed E-state index contributed by atoms with van der Waals surface area (Å²) < 4.78 is 5.09. The van der Waals surface area contributed by atoms with Crippen molar-refractivity contribution in [1.29, 1.82) is 0 Å². The number of carbonyl (C=O) groups excluding carboxylic acids is 1. The highest BCUT2D eigenvalue weighted by Gasteiger charge is 2.13. The van der Waals surface area contributed by atoms with Crippen LogP contribution in [0.3, 0.4) is 0 Å². The summed E-state index contributed by atoms with van der Waals surface area (Å²) in [6.07, 6.45) is 0.0150. The van der Waals surface area contributed by atoms with Crippen LogP contribution in [0.15, 0.2) is 18.2 Å². The van der Waals surface area contributed by atoms with Gasteiger partial charge in [0.1, 0.15) is 0 Å². The largest absolute Gasteiger partial charge is 0.380 e. The van der Waals surface area contributed by atoms with Gasteiger partial charge in [-0.2, -0.15) is 0 Å². The third kappa shape index (κ3) is 4.56. The van der Waals surface area contributed by atoms with Crippen LogP contribution in [-0.4, -0.2) is 25.8 Å². The molecule has 0 fully saturated rings. The summed E-state index contributed by atoms with van der Waals surface area (Å²) in [7, 11) is 1.63. The summed E-state index contributed by atoms with van der Waals surface area (Å²) in [5.74, 6) is 0. The van der Waals surface area contributed by atoms with Crippen molar-refractivity contribution in [1.82, 2.24) is 10.6 Å². The Labute approximate surface area is 115 Å². The molecular formula is C15H24N2O2. The van der Waals surface area contributed by atoms with Crippen molar-refractivity contribution in [3.05, 3.63) is 34.9 Å². The molecule has 0 aliphatic heterocycles. The van der Waals surface area contributed by atoms with E-state index in [1.54, 1.807) is 7.11 Å². The summed E-state index contributed by atoms with van der Waals surface area (Å²) >= 11 is 0. The van der Waals surface area contributed by atoms with Crippen molar-refractivity contribution in [2.75, 3.05) is 13.7 Å². The van der Waals surface area contributed by atoms with Crippen molar-refractivity contribution >= 4 is 6.03 Å². The van der Waals surface area contributed by atoms with E-state index < -0.39 is 0 Å². The number of carbonyl (C=O) groups is 1. The third-order valence-corrected chi connectivity index (χ3v) is 3.28. The zero-order chi connectivity index (χ0) is 14.4. The molecule has 1 aromatic carbocycles. The first kappa shape index (κ1) is 15.5. The zero-order valence-electron chi connectivity index (χ0n) is 12.4. The normalized spacial score (nSPS) is 13.7. The highest BCUT2D eigenvalue weighted by atomic mass is 16.5. The number of amides is 2. The number of benzene rings is 1. The maximum atomic E-state index is 11.8. The number of hydrogen-bond acceptors (Lipinski definition) is 2. The predicted octanol–water partition coefficient (Wildman–Crippen LogP) is 2.70. The molecule has 0 heterocycles. The van der Waals surface area contributed by atoms with E-state index in [1.807, 2.05) is 19.9 Å². The van der Waals surface area contributed by atoms with Crippen LogP contribution in [0.5, 0.6) is 0 Å². The standard InChI is InChI=1S/C15H24N2O2/c1-10-7-6-8-11(2)14(10)13(4)17-15(18)16-9-12(3)19-5/h6-8,12-13H,9H2,1-5H3,(H2,16,17,18)/t12-,13-/m0/s1. The highest BCUT2D eigenvalue weighted by Crippen LogP contribution is 2.21. The molecule has 2 N–H and O–H groups in total. The van der Waals surface area contributed by atoms with Gasteiger partial charge in [0.2, 0.25) is 0 Å². The maximum Gasteiger partial charge on any atom is 0.315 e. The van der Waals surface area contributed by atoms with Gasteiger partial charge >= 0.3 is 6.03 Å². The first-order valence-electron chi connectivity index (χ1n) is 6.59. The van der Waals surface area contributed by atoms with E-state index in [0.29, 0.717) is 6.54 Å². The Morgan fingerprint density at radius 2 is 1.84 bits per heavy atom. The van der Waals surface area contributed by atoms with Gasteiger partial charge in [0, 0.05) is 13.7 Å². The lowest BCUT2D eigenvalue weighted by Crippen LogP contribution is -2.40. The number of hydrogen-bond donors (Lipinski definition) is 2. The second kappa shape index (κ2) is 7.14. The van der Waals surface area contributed by atoms with E-state index in [0.717, 1.165) is 0 Å². The monoisotopic (exact) mass is 264 g/mol. The molecule has 1 aromatic rings. The first-order chi connectivity index (χ1) is 8.95. The van der Waals surface area contributed by atoms with Crippen LogP contribution in [0, 0.1) is 13.8 Å². The van der Waals surface area contributed by atoms with Gasteiger partial charge in [-0.25, -0.2) is 4.79 Å². The molecule has 2 atom stereocenters. The van der Waals surface area contributed by atoms with E-state index in [1.165, 1.54) is 16.7 Å². The Kier molecular flexibility index (Phi) is 5.83. The lowest BCUT2D eigenvalue weighted by atomic mass is 9.97. The van der Waals surface area contributed by atoms with Crippen molar-refractivity contribution in [2.24, 2.45) is 0 Å². The molecule has 0 radical (unpaired) electrons. The number of rotatable bonds is 5. The minimum absolute atomic E-state index is 0.0148. The Morgan fingerprint density at radius 3 is 2.37 bits per heavy atom. The van der Waals surface area contributed by atoms with Crippen LogP contribution in [0.25, 0.3) is 0 Å². The quantitative estimate of drug-likeness (QED) is 0.859. The summed E-state index contributed by atoms with van der Waals surface area (Å²) in [6.45, 7) is 8.53. The molecule has 4 heteroatoms. The fourth-order valence-electron chi connectivity index (χ4n) is 2.15. The highest BCUT2D eigenvalue weighted by molar-refractivity contribution is 5.74. The molecule has 0 spiro atoms. The van der Waals surface area contributed by atoms with Crippen LogP contribution in [0.4, 0.5) is 4.79 Å². The molecule has 0 aliphatic carbocycles. The Hall–Kier alpha value is -1.55. The molecule has 0 aromatic heterocycles. The van der Waals surface area contributed by atoms with Crippen LogP contribution in [0.1, 0.15) is 36.6 Å².